The highest BCUT2D eigenvalue weighted by atomic mass is 16.5. The number of likely N-dealkylation sites (tertiary alicyclic amines) is 1. The summed E-state index contributed by atoms with van der Waals surface area (Å²) in [6.07, 6.45) is 6.42. The molecule has 1 N–H and O–H groups in total. The highest BCUT2D eigenvalue weighted by Crippen LogP contribution is 2.32. The summed E-state index contributed by atoms with van der Waals surface area (Å²) in [5.74, 6) is 0.130. The van der Waals surface area contributed by atoms with E-state index in [4.69, 9.17) is 4.74 Å². The Balaban J connectivity index is 1.46. The van der Waals surface area contributed by atoms with E-state index in [1.165, 1.54) is 12.0 Å². The fourth-order valence-electron chi connectivity index (χ4n) is 4.64. The Labute approximate surface area is 167 Å². The smallest absolute Gasteiger partial charge is 0.244 e. The van der Waals surface area contributed by atoms with E-state index in [2.05, 4.69) is 22.3 Å². The van der Waals surface area contributed by atoms with Crippen LogP contribution in [0.1, 0.15) is 49.3 Å². The van der Waals surface area contributed by atoms with Crippen molar-refractivity contribution < 1.29 is 14.3 Å². The van der Waals surface area contributed by atoms with Crippen LogP contribution in [-0.4, -0.2) is 67.0 Å². The fourth-order valence-corrected chi connectivity index (χ4v) is 4.64. The van der Waals surface area contributed by atoms with Gasteiger partial charge in [0, 0.05) is 32.8 Å². The van der Waals surface area contributed by atoms with Gasteiger partial charge in [-0.25, -0.2) is 0 Å². The van der Waals surface area contributed by atoms with Crippen LogP contribution in [0, 0.1) is 0 Å². The van der Waals surface area contributed by atoms with Gasteiger partial charge in [-0.3, -0.25) is 14.5 Å². The van der Waals surface area contributed by atoms with E-state index in [0.29, 0.717) is 6.54 Å². The van der Waals surface area contributed by atoms with Crippen LogP contribution < -0.4 is 5.32 Å². The highest BCUT2D eigenvalue weighted by Gasteiger charge is 2.36. The lowest BCUT2D eigenvalue weighted by Crippen LogP contribution is -2.50. The van der Waals surface area contributed by atoms with Crippen molar-refractivity contribution >= 4 is 11.8 Å². The van der Waals surface area contributed by atoms with Crippen molar-refractivity contribution in [3.63, 3.8) is 0 Å². The number of ether oxygens (including phenoxy) is 1. The maximum Gasteiger partial charge on any atom is 0.244 e. The van der Waals surface area contributed by atoms with E-state index >= 15 is 0 Å². The molecular weight excluding hydrogens is 354 g/mol. The highest BCUT2D eigenvalue weighted by molar-refractivity contribution is 5.85. The zero-order valence-corrected chi connectivity index (χ0v) is 16.6. The normalized spacial score (nSPS) is 25.4. The van der Waals surface area contributed by atoms with E-state index in [1.54, 1.807) is 0 Å². The molecule has 2 fully saturated rings. The molecule has 1 aromatic rings. The first-order chi connectivity index (χ1) is 13.7. The van der Waals surface area contributed by atoms with Crippen molar-refractivity contribution in [3.8, 4) is 0 Å². The second kappa shape index (κ2) is 9.05. The summed E-state index contributed by atoms with van der Waals surface area (Å²) in [6, 6.07) is 7.84. The predicted octanol–water partition coefficient (Wildman–Crippen LogP) is 1.89. The van der Waals surface area contributed by atoms with Crippen LogP contribution in [0.15, 0.2) is 24.3 Å². The molecule has 0 aromatic heterocycles. The van der Waals surface area contributed by atoms with Gasteiger partial charge in [0.2, 0.25) is 11.8 Å². The van der Waals surface area contributed by atoms with E-state index in [-0.39, 0.29) is 30.5 Å². The van der Waals surface area contributed by atoms with Crippen LogP contribution in [0.3, 0.4) is 0 Å². The Bertz CT molecular complexity index is 696. The van der Waals surface area contributed by atoms with Crippen LogP contribution in [0.2, 0.25) is 0 Å². The Hall–Kier alpha value is -1.92. The third-order valence-electron chi connectivity index (χ3n) is 6.18. The van der Waals surface area contributed by atoms with Gasteiger partial charge in [0.1, 0.15) is 6.04 Å². The van der Waals surface area contributed by atoms with Crippen LogP contribution in [-0.2, 0) is 20.7 Å². The zero-order valence-electron chi connectivity index (χ0n) is 16.6. The molecule has 6 heteroatoms. The van der Waals surface area contributed by atoms with Crippen LogP contribution in [0.4, 0.5) is 0 Å². The zero-order chi connectivity index (χ0) is 19.3. The number of hydrogen-bond acceptors (Lipinski definition) is 4. The van der Waals surface area contributed by atoms with Crippen molar-refractivity contribution in [1.29, 1.82) is 0 Å². The molecule has 4 rings (SSSR count). The lowest BCUT2D eigenvalue weighted by Gasteiger charge is -2.39. The van der Waals surface area contributed by atoms with Crippen molar-refractivity contribution in [1.82, 2.24) is 15.1 Å². The third kappa shape index (κ3) is 4.39. The number of fused-ring (bicyclic) bond motifs is 1. The Morgan fingerprint density at radius 3 is 2.68 bits per heavy atom. The summed E-state index contributed by atoms with van der Waals surface area (Å²) < 4.78 is 5.59. The number of nitrogens with zero attached hydrogens (tertiary/aromatic N) is 2. The molecule has 3 aliphatic rings. The first-order valence-corrected chi connectivity index (χ1v) is 10.7. The Morgan fingerprint density at radius 2 is 1.89 bits per heavy atom. The Morgan fingerprint density at radius 1 is 1.07 bits per heavy atom. The van der Waals surface area contributed by atoms with Crippen LogP contribution >= 0.6 is 0 Å². The lowest BCUT2D eigenvalue weighted by molar-refractivity contribution is -0.139. The van der Waals surface area contributed by atoms with E-state index in [9.17, 15) is 9.59 Å². The van der Waals surface area contributed by atoms with Gasteiger partial charge in [0.05, 0.1) is 12.6 Å². The van der Waals surface area contributed by atoms with Gasteiger partial charge < -0.3 is 15.0 Å². The number of hydrogen-bond donors (Lipinski definition) is 1. The van der Waals surface area contributed by atoms with Gasteiger partial charge in [0.15, 0.2) is 0 Å². The number of carbonyl (C=O) groups excluding carboxylic acids is 2. The minimum absolute atomic E-state index is 0.0219. The van der Waals surface area contributed by atoms with Gasteiger partial charge >= 0.3 is 0 Å². The van der Waals surface area contributed by atoms with Gasteiger partial charge in [-0.1, -0.05) is 24.3 Å². The van der Waals surface area contributed by atoms with E-state index in [1.807, 2.05) is 17.0 Å². The van der Waals surface area contributed by atoms with Gasteiger partial charge in [-0.2, -0.15) is 0 Å². The summed E-state index contributed by atoms with van der Waals surface area (Å²) in [6.45, 7) is 4.00. The molecule has 2 unspecified atom stereocenters. The molecule has 2 amide bonds. The number of carbonyl (C=O) groups is 2. The summed E-state index contributed by atoms with van der Waals surface area (Å²) in [4.78, 5) is 30.1. The molecule has 2 atom stereocenters. The fraction of sp³-hybridized carbons (Fsp3) is 0.636. The summed E-state index contributed by atoms with van der Waals surface area (Å²) >= 11 is 0. The molecule has 3 heterocycles. The number of benzene rings is 1. The van der Waals surface area contributed by atoms with Gasteiger partial charge in [-0.05, 0) is 49.7 Å². The average molecular weight is 386 g/mol. The van der Waals surface area contributed by atoms with Crippen LogP contribution in [0.5, 0.6) is 0 Å². The molecule has 1 aromatic carbocycles. The first-order valence-electron chi connectivity index (χ1n) is 10.7. The molecule has 0 spiro atoms. The first kappa shape index (κ1) is 19.4. The van der Waals surface area contributed by atoms with Crippen LogP contribution in [0.25, 0.3) is 0 Å². The molecule has 3 aliphatic heterocycles. The average Bonchev–Trinajstić information content (AvgIpc) is 3.26. The summed E-state index contributed by atoms with van der Waals surface area (Å²) in [5, 5.41) is 3.00. The number of nitrogens with one attached hydrogen (secondary N) is 1. The van der Waals surface area contributed by atoms with Gasteiger partial charge in [-0.15, -0.1) is 0 Å². The number of rotatable bonds is 5. The molecule has 152 valence electrons. The standard InChI is InChI=1S/C22H31N3O3/c26-20(23-15-18-8-6-14-28-18)16-25-13-10-17-7-2-3-9-19(17)21(25)22(27)24-11-4-1-5-12-24/h2-3,7,9,18,21H,1,4-6,8,10-16H2,(H,23,26). The maximum atomic E-state index is 13.4. The molecule has 6 nitrogen and oxygen atoms in total. The molecular formula is C22H31N3O3. The predicted molar refractivity (Wildman–Crippen MR) is 107 cm³/mol. The van der Waals surface area contributed by atoms with E-state index in [0.717, 1.165) is 63.9 Å². The molecule has 0 saturated carbocycles. The number of piperidine rings is 1. The second-order valence-electron chi connectivity index (χ2n) is 8.15. The third-order valence-corrected chi connectivity index (χ3v) is 6.18. The number of amides is 2. The van der Waals surface area contributed by atoms with E-state index < -0.39 is 0 Å². The minimum atomic E-state index is -0.350. The van der Waals surface area contributed by atoms with Crippen molar-refractivity contribution in [2.45, 2.75) is 50.7 Å². The summed E-state index contributed by atoms with van der Waals surface area (Å²) in [5.41, 5.74) is 2.30. The molecule has 0 radical (unpaired) electrons. The topological polar surface area (TPSA) is 61.9 Å². The molecule has 2 saturated heterocycles. The molecule has 0 aliphatic carbocycles. The monoisotopic (exact) mass is 385 g/mol. The SMILES string of the molecule is O=C(CN1CCc2ccccc2C1C(=O)N1CCCCC1)NCC1CCCO1. The van der Waals surface area contributed by atoms with Crippen molar-refractivity contribution in [3.05, 3.63) is 35.4 Å². The summed E-state index contributed by atoms with van der Waals surface area (Å²) in [7, 11) is 0. The minimum Gasteiger partial charge on any atom is -0.376 e. The largest absolute Gasteiger partial charge is 0.376 e. The quantitative estimate of drug-likeness (QED) is 0.841. The van der Waals surface area contributed by atoms with Gasteiger partial charge in [0.25, 0.3) is 0 Å². The Kier molecular flexibility index (Phi) is 6.27. The molecule has 28 heavy (non-hydrogen) atoms. The lowest BCUT2D eigenvalue weighted by atomic mass is 9.91. The maximum absolute atomic E-state index is 13.4. The van der Waals surface area contributed by atoms with Crippen molar-refractivity contribution in [2.24, 2.45) is 0 Å². The molecule has 0 bridgehead atoms. The second-order valence-corrected chi connectivity index (χ2v) is 8.15. The van der Waals surface area contributed by atoms with Crippen molar-refractivity contribution in [2.75, 3.05) is 39.3 Å².